The summed E-state index contributed by atoms with van der Waals surface area (Å²) < 4.78 is 6.45. The number of rotatable bonds is 4. The van der Waals surface area contributed by atoms with E-state index < -0.39 is 0 Å². The summed E-state index contributed by atoms with van der Waals surface area (Å²) in [6, 6.07) is 10.00. The molecule has 2 heterocycles. The van der Waals surface area contributed by atoms with Crippen molar-refractivity contribution < 1.29 is 9.53 Å². The molecule has 1 aromatic heterocycles. The average Bonchev–Trinajstić information content (AvgIpc) is 2.60. The largest absolute Gasteiger partial charge is 0.378 e. The molecule has 0 aliphatic carbocycles. The van der Waals surface area contributed by atoms with Gasteiger partial charge in [0, 0.05) is 19.2 Å². The fourth-order valence-electron chi connectivity index (χ4n) is 2.40. The number of para-hydroxylation sites is 1. The molecule has 1 fully saturated rings. The Balaban J connectivity index is 1.73. The van der Waals surface area contributed by atoms with Crippen LogP contribution < -0.4 is 15.8 Å². The second kappa shape index (κ2) is 7.46. The maximum absolute atomic E-state index is 12.2. The van der Waals surface area contributed by atoms with Gasteiger partial charge in [-0.3, -0.25) is 9.59 Å². The Morgan fingerprint density at radius 2 is 1.96 bits per heavy atom. The highest BCUT2D eigenvalue weighted by molar-refractivity contribution is 6.33. The summed E-state index contributed by atoms with van der Waals surface area (Å²) in [6.45, 7) is 2.47. The van der Waals surface area contributed by atoms with Crippen LogP contribution in [0.2, 0.25) is 5.02 Å². The molecule has 1 aliphatic rings. The molecule has 0 unspecified atom stereocenters. The van der Waals surface area contributed by atoms with Crippen LogP contribution in [0.1, 0.15) is 0 Å². The topological polar surface area (TPSA) is 76.5 Å². The third-order valence-corrected chi connectivity index (χ3v) is 3.96. The molecule has 3 rings (SSSR count). The van der Waals surface area contributed by atoms with Crippen LogP contribution in [0.4, 0.5) is 11.5 Å². The van der Waals surface area contributed by atoms with Gasteiger partial charge < -0.3 is 15.0 Å². The number of morpholine rings is 1. The molecule has 8 heteroatoms. The van der Waals surface area contributed by atoms with Gasteiger partial charge in [0.2, 0.25) is 5.91 Å². The van der Waals surface area contributed by atoms with Crippen LogP contribution in [-0.2, 0) is 16.1 Å². The standard InChI is InChI=1S/C16H17ClN4O3/c17-12-3-1-2-4-13(12)18-15(22)11-21-16(23)6-5-14(19-21)20-7-9-24-10-8-20/h1-6H,7-11H2,(H,18,22). The third kappa shape index (κ3) is 3.93. The van der Waals surface area contributed by atoms with Gasteiger partial charge in [0.05, 0.1) is 23.9 Å². The van der Waals surface area contributed by atoms with E-state index in [1.54, 1.807) is 30.3 Å². The quantitative estimate of drug-likeness (QED) is 0.903. The first-order valence-electron chi connectivity index (χ1n) is 7.59. The highest BCUT2D eigenvalue weighted by atomic mass is 35.5. The molecule has 0 saturated carbocycles. The van der Waals surface area contributed by atoms with Crippen LogP contribution in [0.5, 0.6) is 0 Å². The minimum atomic E-state index is -0.364. The van der Waals surface area contributed by atoms with Gasteiger partial charge in [-0.05, 0) is 18.2 Å². The van der Waals surface area contributed by atoms with Crippen molar-refractivity contribution in [3.05, 3.63) is 51.8 Å². The number of ether oxygens (including phenoxy) is 1. The number of nitrogens with one attached hydrogen (secondary N) is 1. The molecular weight excluding hydrogens is 332 g/mol. The molecule has 0 radical (unpaired) electrons. The summed E-state index contributed by atoms with van der Waals surface area (Å²) in [5, 5.41) is 7.40. The predicted octanol–water partition coefficient (Wildman–Crippen LogP) is 1.37. The summed E-state index contributed by atoms with van der Waals surface area (Å²) in [5.41, 5.74) is 0.169. The molecule has 7 nitrogen and oxygen atoms in total. The molecule has 0 atom stereocenters. The van der Waals surface area contributed by atoms with Gasteiger partial charge in [-0.2, -0.15) is 5.10 Å². The molecule has 0 bridgehead atoms. The molecule has 1 amide bonds. The third-order valence-electron chi connectivity index (χ3n) is 3.63. The molecule has 2 aromatic rings. The van der Waals surface area contributed by atoms with Crippen molar-refractivity contribution in [3.8, 4) is 0 Å². The molecule has 24 heavy (non-hydrogen) atoms. The number of benzene rings is 1. The van der Waals surface area contributed by atoms with E-state index in [2.05, 4.69) is 10.4 Å². The molecule has 1 aromatic carbocycles. The smallest absolute Gasteiger partial charge is 0.267 e. The van der Waals surface area contributed by atoms with Gasteiger partial charge >= 0.3 is 0 Å². The highest BCUT2D eigenvalue weighted by Gasteiger charge is 2.15. The van der Waals surface area contributed by atoms with Gasteiger partial charge in [0.25, 0.3) is 5.56 Å². The number of carbonyl (C=O) groups excluding carboxylic acids is 1. The van der Waals surface area contributed by atoms with Crippen molar-refractivity contribution in [3.63, 3.8) is 0 Å². The van der Waals surface area contributed by atoms with Crippen molar-refractivity contribution in [2.75, 3.05) is 36.5 Å². The number of halogens is 1. The molecule has 1 saturated heterocycles. The second-order valence-electron chi connectivity index (χ2n) is 5.31. The molecule has 126 valence electrons. The first kappa shape index (κ1) is 16.5. The summed E-state index contributed by atoms with van der Waals surface area (Å²) in [4.78, 5) is 26.2. The number of aromatic nitrogens is 2. The summed E-state index contributed by atoms with van der Waals surface area (Å²) in [7, 11) is 0. The summed E-state index contributed by atoms with van der Waals surface area (Å²) in [5.74, 6) is 0.292. The van der Waals surface area contributed by atoms with Gasteiger partial charge in [-0.1, -0.05) is 23.7 Å². The van der Waals surface area contributed by atoms with Crippen LogP contribution in [0.15, 0.2) is 41.2 Å². The van der Waals surface area contributed by atoms with Crippen LogP contribution in [0, 0.1) is 0 Å². The zero-order chi connectivity index (χ0) is 16.9. The predicted molar refractivity (Wildman–Crippen MR) is 91.6 cm³/mol. The Morgan fingerprint density at radius 1 is 1.21 bits per heavy atom. The van der Waals surface area contributed by atoms with Crippen molar-refractivity contribution >= 4 is 29.0 Å². The summed E-state index contributed by atoms with van der Waals surface area (Å²) in [6.07, 6.45) is 0. The Bertz CT molecular complexity index is 787. The van der Waals surface area contributed by atoms with Gasteiger partial charge in [0.15, 0.2) is 0 Å². The average molecular weight is 349 g/mol. The summed E-state index contributed by atoms with van der Waals surface area (Å²) >= 11 is 6.01. The van der Waals surface area contributed by atoms with Crippen LogP contribution >= 0.6 is 11.6 Å². The lowest BCUT2D eigenvalue weighted by Crippen LogP contribution is -2.38. The van der Waals surface area contributed by atoms with E-state index in [-0.39, 0.29) is 18.0 Å². The Morgan fingerprint density at radius 3 is 2.71 bits per heavy atom. The van der Waals surface area contributed by atoms with Gasteiger partial charge in [-0.15, -0.1) is 0 Å². The first-order chi connectivity index (χ1) is 11.6. The van der Waals surface area contributed by atoms with Crippen molar-refractivity contribution in [2.24, 2.45) is 0 Å². The van der Waals surface area contributed by atoms with Crippen molar-refractivity contribution in [1.82, 2.24) is 9.78 Å². The zero-order valence-electron chi connectivity index (χ0n) is 12.9. The zero-order valence-corrected chi connectivity index (χ0v) is 13.7. The van der Waals surface area contributed by atoms with E-state index in [9.17, 15) is 9.59 Å². The number of hydrogen-bond donors (Lipinski definition) is 1. The monoisotopic (exact) mass is 348 g/mol. The van der Waals surface area contributed by atoms with E-state index in [4.69, 9.17) is 16.3 Å². The Kier molecular flexibility index (Phi) is 5.12. The lowest BCUT2D eigenvalue weighted by molar-refractivity contribution is -0.117. The fourth-order valence-corrected chi connectivity index (χ4v) is 2.58. The SMILES string of the molecule is O=C(Cn1nc(N2CCOCC2)ccc1=O)Nc1ccccc1Cl. The molecule has 1 N–H and O–H groups in total. The fraction of sp³-hybridized carbons (Fsp3) is 0.312. The highest BCUT2D eigenvalue weighted by Crippen LogP contribution is 2.20. The number of nitrogens with zero attached hydrogens (tertiary/aromatic N) is 3. The maximum atomic E-state index is 12.2. The van der Waals surface area contributed by atoms with Gasteiger partial charge in [0.1, 0.15) is 12.4 Å². The van der Waals surface area contributed by atoms with Crippen LogP contribution in [0.25, 0.3) is 0 Å². The second-order valence-corrected chi connectivity index (χ2v) is 5.72. The number of amides is 1. The first-order valence-corrected chi connectivity index (χ1v) is 7.96. The minimum absolute atomic E-state index is 0.178. The van der Waals surface area contributed by atoms with E-state index in [0.717, 1.165) is 4.68 Å². The van der Waals surface area contributed by atoms with Crippen molar-refractivity contribution in [1.29, 1.82) is 0 Å². The maximum Gasteiger partial charge on any atom is 0.267 e. The van der Waals surface area contributed by atoms with E-state index in [0.29, 0.717) is 42.8 Å². The van der Waals surface area contributed by atoms with Gasteiger partial charge in [-0.25, -0.2) is 4.68 Å². The minimum Gasteiger partial charge on any atom is -0.378 e. The normalized spacial score (nSPS) is 14.5. The van der Waals surface area contributed by atoms with Crippen LogP contribution in [0.3, 0.4) is 0 Å². The molecule has 1 aliphatic heterocycles. The number of hydrogen-bond acceptors (Lipinski definition) is 5. The Hall–Kier alpha value is -2.38. The van der Waals surface area contributed by atoms with E-state index >= 15 is 0 Å². The lowest BCUT2D eigenvalue weighted by Gasteiger charge is -2.27. The van der Waals surface area contributed by atoms with Crippen LogP contribution in [-0.4, -0.2) is 42.0 Å². The van der Waals surface area contributed by atoms with E-state index in [1.165, 1.54) is 6.07 Å². The van der Waals surface area contributed by atoms with E-state index in [1.807, 2.05) is 4.90 Å². The molecule has 0 spiro atoms. The number of carbonyl (C=O) groups is 1. The lowest BCUT2D eigenvalue weighted by atomic mass is 10.3. The van der Waals surface area contributed by atoms with Crippen molar-refractivity contribution in [2.45, 2.75) is 6.54 Å². The Labute approximate surface area is 143 Å². The number of anilines is 2. The molecular formula is C16H17ClN4O3.